The molecular weight excluding hydrogens is 204 g/mol. The summed E-state index contributed by atoms with van der Waals surface area (Å²) in [4.78, 5) is 0. The van der Waals surface area contributed by atoms with E-state index in [1.54, 1.807) is 7.11 Å². The van der Waals surface area contributed by atoms with Crippen LogP contribution >= 0.6 is 12.9 Å². The van der Waals surface area contributed by atoms with Gasteiger partial charge >= 0.3 is 18.2 Å². The topological polar surface area (TPSA) is 9.23 Å². The van der Waals surface area contributed by atoms with Crippen molar-refractivity contribution in [3.63, 3.8) is 0 Å². The van der Waals surface area contributed by atoms with Crippen LogP contribution in [0.25, 0.3) is 0 Å². The normalized spacial score (nSPS) is 9.40. The molecule has 0 fully saturated rings. The van der Waals surface area contributed by atoms with E-state index in [0.717, 1.165) is 6.61 Å². The van der Waals surface area contributed by atoms with E-state index in [2.05, 4.69) is 12.9 Å². The number of rotatable bonds is 7. The standard InChI is InChI=1S/C7H15O.BrH.Mg/c1-3-4-5-6-7-8-2;;/h1,3-7H2,2H3;1H;/q;;+1/p-1. The molecule has 0 aromatic carbocycles. The summed E-state index contributed by atoms with van der Waals surface area (Å²) in [6.45, 7) is 0.936. The molecule has 0 amide bonds. The molecule has 1 nitrogen and oxygen atoms in total. The van der Waals surface area contributed by atoms with Crippen LogP contribution in [-0.2, 0) is 4.74 Å². The van der Waals surface area contributed by atoms with Crippen LogP contribution < -0.4 is 0 Å². The highest BCUT2D eigenvalue weighted by Crippen LogP contribution is 2.03. The summed E-state index contributed by atoms with van der Waals surface area (Å²) in [6.07, 6.45) is 5.39. The average Bonchev–Trinajstić information content (AvgIpc) is 1.97. The Kier molecular flexibility index (Phi) is 11.4. The molecule has 0 aliphatic heterocycles. The average molecular weight is 219 g/mol. The Morgan fingerprint density at radius 2 is 1.90 bits per heavy atom. The summed E-state index contributed by atoms with van der Waals surface area (Å²) in [6, 6.07) is 0. The van der Waals surface area contributed by atoms with Gasteiger partial charge in [0.05, 0.1) is 0 Å². The number of unbranched alkanes of at least 4 members (excludes halogenated alkanes) is 3. The van der Waals surface area contributed by atoms with E-state index >= 15 is 0 Å². The van der Waals surface area contributed by atoms with Crippen LogP contribution in [-0.4, -0.2) is 31.9 Å². The molecule has 0 saturated carbocycles. The van der Waals surface area contributed by atoms with Gasteiger partial charge < -0.3 is 17.6 Å². The van der Waals surface area contributed by atoms with E-state index < -0.39 is 0 Å². The minimum absolute atomic E-state index is 0.156. The maximum absolute atomic E-state index is 4.95. The van der Waals surface area contributed by atoms with Gasteiger partial charge in [-0.25, -0.2) is 0 Å². The summed E-state index contributed by atoms with van der Waals surface area (Å²) < 4.78 is 6.40. The van der Waals surface area contributed by atoms with Gasteiger partial charge in [-0.05, 0) is 6.42 Å². The molecule has 0 saturated heterocycles. The molecule has 0 aliphatic rings. The minimum Gasteiger partial charge on any atom is -0.385 e. The van der Waals surface area contributed by atoms with Crippen LogP contribution in [0.15, 0.2) is 0 Å². The second-order valence-corrected chi connectivity index (χ2v) is 5.91. The lowest BCUT2D eigenvalue weighted by Gasteiger charge is -1.97. The smallest absolute Gasteiger partial charge is 0.385 e. The number of methoxy groups -OCH3 is 1. The van der Waals surface area contributed by atoms with Crippen molar-refractivity contribution >= 4 is 31.1 Å². The Morgan fingerprint density at radius 1 is 1.20 bits per heavy atom. The predicted octanol–water partition coefficient (Wildman–Crippen LogP) is 2.63. The fourth-order valence-corrected chi connectivity index (χ4v) is 2.60. The molecule has 0 aromatic heterocycles. The maximum atomic E-state index is 4.95. The summed E-state index contributed by atoms with van der Waals surface area (Å²) in [5.41, 5.74) is 0. The van der Waals surface area contributed by atoms with E-state index in [-0.39, 0.29) is 18.2 Å². The zero-order chi connectivity index (χ0) is 7.66. The molecule has 0 radical (unpaired) electrons. The van der Waals surface area contributed by atoms with E-state index in [0.29, 0.717) is 0 Å². The quantitative estimate of drug-likeness (QED) is 0.472. The SMILES string of the molecule is COCCCCC[CH2][Mg][Br]. The molecule has 0 heterocycles. The summed E-state index contributed by atoms with van der Waals surface area (Å²) >= 11 is 3.70. The third kappa shape index (κ3) is 9.21. The fourth-order valence-electron chi connectivity index (χ4n) is 0.871. The maximum Gasteiger partial charge on any atom is 0.468 e. The molecule has 0 N–H and O–H groups in total. The van der Waals surface area contributed by atoms with Gasteiger partial charge in [0, 0.05) is 13.7 Å². The van der Waals surface area contributed by atoms with Crippen molar-refractivity contribution < 1.29 is 4.74 Å². The Bertz CT molecular complexity index is 53.6. The predicted molar refractivity (Wildman–Crippen MR) is 49.8 cm³/mol. The first-order valence-corrected chi connectivity index (χ1v) is 8.86. The van der Waals surface area contributed by atoms with Crippen LogP contribution in [0.1, 0.15) is 25.7 Å². The first-order chi connectivity index (χ1) is 4.91. The monoisotopic (exact) mass is 218 g/mol. The van der Waals surface area contributed by atoms with Gasteiger partial charge in [0.2, 0.25) is 0 Å². The van der Waals surface area contributed by atoms with Crippen molar-refractivity contribution in [2.45, 2.75) is 30.2 Å². The molecule has 0 aliphatic carbocycles. The van der Waals surface area contributed by atoms with Gasteiger partial charge in [0.1, 0.15) is 0 Å². The Hall–Kier alpha value is 1.21. The molecule has 0 rings (SSSR count). The van der Waals surface area contributed by atoms with E-state index in [1.165, 1.54) is 30.2 Å². The molecule has 3 heteroatoms. The van der Waals surface area contributed by atoms with E-state index in [4.69, 9.17) is 4.74 Å². The molecule has 58 valence electrons. The highest BCUT2D eigenvalue weighted by molar-refractivity contribution is 9.23. The van der Waals surface area contributed by atoms with Gasteiger partial charge in [-0.15, -0.1) is 4.55 Å². The Balaban J connectivity index is 2.65. The number of hydrogen-bond acceptors (Lipinski definition) is 1. The van der Waals surface area contributed by atoms with E-state index in [1.807, 2.05) is 0 Å². The summed E-state index contributed by atoms with van der Waals surface area (Å²) in [7, 11) is 1.77. The molecule has 0 spiro atoms. The molecule has 0 aromatic rings. The van der Waals surface area contributed by atoms with E-state index in [9.17, 15) is 0 Å². The lowest BCUT2D eigenvalue weighted by Crippen LogP contribution is -1.88. The first-order valence-electron chi connectivity index (χ1n) is 3.96. The largest absolute Gasteiger partial charge is 0.468 e. The number of halogens is 1. The fraction of sp³-hybridized carbons (Fsp3) is 1.00. The van der Waals surface area contributed by atoms with Gasteiger partial charge in [0.25, 0.3) is 0 Å². The van der Waals surface area contributed by atoms with Crippen molar-refractivity contribution in [2.24, 2.45) is 0 Å². The number of hydrogen-bond donors (Lipinski definition) is 0. The first kappa shape index (κ1) is 11.2. The number of ether oxygens (including phenoxy) is 1. The van der Waals surface area contributed by atoms with Crippen LogP contribution in [0.2, 0.25) is 4.55 Å². The lowest BCUT2D eigenvalue weighted by molar-refractivity contribution is 0.192. The van der Waals surface area contributed by atoms with Crippen LogP contribution in [0, 0.1) is 0 Å². The van der Waals surface area contributed by atoms with Crippen molar-refractivity contribution in [3.8, 4) is 0 Å². The van der Waals surface area contributed by atoms with Crippen LogP contribution in [0.3, 0.4) is 0 Å². The summed E-state index contributed by atoms with van der Waals surface area (Å²) in [5.74, 6) is 0. The second-order valence-electron chi connectivity index (χ2n) is 2.45. The zero-order valence-corrected chi connectivity index (χ0v) is 9.74. The summed E-state index contributed by atoms with van der Waals surface area (Å²) in [5, 5.41) is 0. The Morgan fingerprint density at radius 3 is 2.50 bits per heavy atom. The van der Waals surface area contributed by atoms with Crippen LogP contribution in [0.5, 0.6) is 0 Å². The molecule has 0 bridgehead atoms. The highest BCUT2D eigenvalue weighted by atomic mass is 79.9. The van der Waals surface area contributed by atoms with Gasteiger partial charge in [-0.3, -0.25) is 0 Å². The minimum atomic E-state index is 0.156. The van der Waals surface area contributed by atoms with Crippen molar-refractivity contribution in [1.82, 2.24) is 0 Å². The molecule has 10 heavy (non-hydrogen) atoms. The highest BCUT2D eigenvalue weighted by Gasteiger charge is 1.90. The third-order valence-electron chi connectivity index (χ3n) is 1.48. The molecule has 0 unspecified atom stereocenters. The van der Waals surface area contributed by atoms with Crippen molar-refractivity contribution in [2.75, 3.05) is 13.7 Å². The lowest BCUT2D eigenvalue weighted by atomic mass is 10.2. The second kappa shape index (κ2) is 10.2. The Labute approximate surface area is 79.5 Å². The van der Waals surface area contributed by atoms with Crippen molar-refractivity contribution in [1.29, 1.82) is 0 Å². The zero-order valence-electron chi connectivity index (χ0n) is 6.74. The van der Waals surface area contributed by atoms with Gasteiger partial charge in [0.15, 0.2) is 0 Å². The molecule has 0 atom stereocenters. The van der Waals surface area contributed by atoms with Gasteiger partial charge in [-0.2, -0.15) is 0 Å². The molecular formula is C7H15BrMgO. The van der Waals surface area contributed by atoms with Gasteiger partial charge in [-0.1, -0.05) is 19.3 Å². The van der Waals surface area contributed by atoms with Crippen molar-refractivity contribution in [3.05, 3.63) is 0 Å². The third-order valence-corrected chi connectivity index (χ3v) is 3.93. The van der Waals surface area contributed by atoms with Crippen LogP contribution in [0.4, 0.5) is 0 Å².